The Bertz CT molecular complexity index is 1530. The maximum Gasteiger partial charge on any atom is 0.0708 e. The zero-order valence-electron chi connectivity index (χ0n) is 22.2. The van der Waals surface area contributed by atoms with Gasteiger partial charge in [-0.1, -0.05) is 58.8 Å². The summed E-state index contributed by atoms with van der Waals surface area (Å²) in [4.78, 5) is 4.32. The van der Waals surface area contributed by atoms with Gasteiger partial charge in [0.05, 0.1) is 20.4 Å². The fraction of sp³-hybridized carbons (Fsp3) is 0.207. The standard InChI is InChI=1S/C29H33NSSi5/c1-17-3-9-22-21(11-17)15-25(33)23(29(22)35)10-6-18-4-7-20(24(32)12-18)8-5-19-13-26(34)28(30-16-31)27(14-19)36-2/h4,7,12-15,17H,3,9,11,36H2,1-2,32-35H3. The molecule has 0 amide bonds. The molecule has 0 spiro atoms. The van der Waals surface area contributed by atoms with E-state index in [9.17, 15) is 0 Å². The molecule has 0 fully saturated rings. The molecule has 1 nitrogen and oxygen atoms in total. The van der Waals surface area contributed by atoms with Crippen LogP contribution >= 0.6 is 12.2 Å². The number of rotatable bonds is 2. The van der Waals surface area contributed by atoms with Crippen LogP contribution in [-0.4, -0.2) is 55.7 Å². The van der Waals surface area contributed by atoms with E-state index in [0.29, 0.717) is 0 Å². The molecule has 7 heteroatoms. The molecule has 180 valence electrons. The van der Waals surface area contributed by atoms with Crippen molar-refractivity contribution in [2.45, 2.75) is 32.7 Å². The highest BCUT2D eigenvalue weighted by atomic mass is 32.1. The van der Waals surface area contributed by atoms with Crippen molar-refractivity contribution >= 4 is 99.5 Å². The van der Waals surface area contributed by atoms with Crippen LogP contribution in [0.3, 0.4) is 0 Å². The lowest BCUT2D eigenvalue weighted by atomic mass is 9.84. The van der Waals surface area contributed by atoms with Crippen molar-refractivity contribution in [1.29, 1.82) is 0 Å². The van der Waals surface area contributed by atoms with Crippen LogP contribution in [0.4, 0.5) is 5.69 Å². The number of aliphatic imine (C=N–C) groups is 1. The van der Waals surface area contributed by atoms with Gasteiger partial charge in [-0.3, -0.25) is 0 Å². The molecule has 3 aromatic rings. The van der Waals surface area contributed by atoms with Gasteiger partial charge in [0.15, 0.2) is 0 Å². The third-order valence-electron chi connectivity index (χ3n) is 7.27. The van der Waals surface area contributed by atoms with E-state index in [1.165, 1.54) is 45.6 Å². The van der Waals surface area contributed by atoms with Gasteiger partial charge in [0.2, 0.25) is 0 Å². The van der Waals surface area contributed by atoms with E-state index < -0.39 is 0 Å². The van der Waals surface area contributed by atoms with Gasteiger partial charge in [0, 0.05) is 63.2 Å². The van der Waals surface area contributed by atoms with E-state index in [1.54, 1.807) is 16.3 Å². The Labute approximate surface area is 235 Å². The summed E-state index contributed by atoms with van der Waals surface area (Å²) >= 11 is 4.84. The number of fused-ring (bicyclic) bond motifs is 1. The third kappa shape index (κ3) is 5.96. The van der Waals surface area contributed by atoms with Crippen LogP contribution in [0.1, 0.15) is 46.7 Å². The van der Waals surface area contributed by atoms with Crippen molar-refractivity contribution in [2.24, 2.45) is 10.9 Å². The maximum absolute atomic E-state index is 4.84. The van der Waals surface area contributed by atoms with Gasteiger partial charge in [-0.2, -0.15) is 4.99 Å². The predicted molar refractivity (Wildman–Crippen MR) is 179 cm³/mol. The molecule has 0 aliphatic heterocycles. The monoisotopic (exact) mass is 567 g/mol. The molecule has 1 aliphatic carbocycles. The van der Waals surface area contributed by atoms with Crippen LogP contribution in [0.15, 0.2) is 41.4 Å². The lowest BCUT2D eigenvalue weighted by Gasteiger charge is -2.25. The molecule has 0 N–H and O–H groups in total. The molecule has 0 saturated heterocycles. The first-order chi connectivity index (χ1) is 17.3. The van der Waals surface area contributed by atoms with E-state index in [-0.39, 0.29) is 9.52 Å². The third-order valence-corrected chi connectivity index (χ3v) is 12.1. The Morgan fingerprint density at radius 2 is 1.67 bits per heavy atom. The molecule has 0 bridgehead atoms. The first-order valence-electron chi connectivity index (χ1n) is 12.8. The van der Waals surface area contributed by atoms with Crippen molar-refractivity contribution < 1.29 is 0 Å². The van der Waals surface area contributed by atoms with Crippen LogP contribution in [0, 0.1) is 29.6 Å². The largest absolute Gasteiger partial charge is 0.195 e. The number of isothiocyanates is 1. The van der Waals surface area contributed by atoms with Crippen molar-refractivity contribution in [1.82, 2.24) is 0 Å². The molecule has 3 aromatic carbocycles. The minimum Gasteiger partial charge on any atom is -0.195 e. The molecular weight excluding hydrogens is 535 g/mol. The normalized spacial score (nSPS) is 14.7. The van der Waals surface area contributed by atoms with Gasteiger partial charge in [0.1, 0.15) is 0 Å². The van der Waals surface area contributed by atoms with Crippen molar-refractivity contribution in [3.8, 4) is 23.7 Å². The summed E-state index contributed by atoms with van der Waals surface area (Å²) in [5.41, 5.74) is 8.90. The smallest absolute Gasteiger partial charge is 0.0708 e. The average molecular weight is 568 g/mol. The fourth-order valence-corrected chi connectivity index (χ4v) is 10.6. The van der Waals surface area contributed by atoms with E-state index >= 15 is 0 Å². The molecule has 0 radical (unpaired) electrons. The Morgan fingerprint density at radius 3 is 2.39 bits per heavy atom. The SMILES string of the molecule is C[SiH2]c1cc(C#Cc2ccc(C#Cc3c([SiH3])cc4c(c3[SiH3])CCC(C)C4)cc2[SiH3])cc([SiH3])c1N=C=S. The van der Waals surface area contributed by atoms with Crippen LogP contribution in [0.2, 0.25) is 6.55 Å². The molecule has 4 rings (SSSR count). The topological polar surface area (TPSA) is 12.4 Å². The average Bonchev–Trinajstić information content (AvgIpc) is 2.84. The summed E-state index contributed by atoms with van der Waals surface area (Å²) < 4.78 is 0. The number of hydrogen-bond donors (Lipinski definition) is 0. The van der Waals surface area contributed by atoms with Crippen molar-refractivity contribution in [2.75, 3.05) is 0 Å². The second kappa shape index (κ2) is 11.8. The molecule has 1 atom stereocenters. The van der Waals surface area contributed by atoms with Crippen LogP contribution in [0.5, 0.6) is 0 Å². The Balaban J connectivity index is 1.60. The zero-order chi connectivity index (χ0) is 25.8. The van der Waals surface area contributed by atoms with Gasteiger partial charge < -0.3 is 0 Å². The van der Waals surface area contributed by atoms with Crippen LogP contribution < -0.4 is 25.9 Å². The minimum absolute atomic E-state index is 0.364. The van der Waals surface area contributed by atoms with Gasteiger partial charge in [-0.05, 0) is 89.2 Å². The lowest BCUT2D eigenvalue weighted by Crippen LogP contribution is -2.30. The molecular formula is C29H33NSSi5. The summed E-state index contributed by atoms with van der Waals surface area (Å²) in [5, 5.41) is 9.47. The molecule has 0 aromatic heterocycles. The van der Waals surface area contributed by atoms with E-state index in [4.69, 9.17) is 12.2 Å². The number of thiocarbonyl (C=S) groups is 1. The van der Waals surface area contributed by atoms with Crippen molar-refractivity contribution in [3.63, 3.8) is 0 Å². The van der Waals surface area contributed by atoms with E-state index in [1.807, 2.05) is 0 Å². The lowest BCUT2D eigenvalue weighted by molar-refractivity contribution is 0.503. The van der Waals surface area contributed by atoms with Crippen molar-refractivity contribution in [3.05, 3.63) is 69.8 Å². The summed E-state index contributed by atoms with van der Waals surface area (Å²) in [6.07, 6.45) is 3.79. The summed E-state index contributed by atoms with van der Waals surface area (Å²) in [5.74, 6) is 14.7. The number of nitrogens with zero attached hydrogens (tertiary/aromatic N) is 1. The summed E-state index contributed by atoms with van der Waals surface area (Å²) in [7, 11) is 3.64. The van der Waals surface area contributed by atoms with Gasteiger partial charge in [0.25, 0.3) is 0 Å². The zero-order valence-corrected chi connectivity index (χ0v) is 32.5. The van der Waals surface area contributed by atoms with Crippen LogP contribution in [-0.2, 0) is 12.8 Å². The number of hydrogen-bond acceptors (Lipinski definition) is 2. The second-order valence-electron chi connectivity index (χ2n) is 10.1. The highest BCUT2D eigenvalue weighted by molar-refractivity contribution is 7.78. The first-order valence-corrected chi connectivity index (χ1v) is 19.3. The summed E-state index contributed by atoms with van der Waals surface area (Å²) in [6, 6.07) is 13.4. The quantitative estimate of drug-likeness (QED) is 0.141. The molecule has 0 saturated carbocycles. The molecule has 0 heterocycles. The maximum atomic E-state index is 4.84. The van der Waals surface area contributed by atoms with Gasteiger partial charge >= 0.3 is 0 Å². The van der Waals surface area contributed by atoms with Gasteiger partial charge in [-0.15, -0.1) is 0 Å². The van der Waals surface area contributed by atoms with Gasteiger partial charge in [-0.25, -0.2) is 0 Å². The Kier molecular flexibility index (Phi) is 8.76. The highest BCUT2D eigenvalue weighted by Gasteiger charge is 2.19. The summed E-state index contributed by atoms with van der Waals surface area (Å²) in [6.45, 7) is 4.67. The molecule has 1 aliphatic rings. The van der Waals surface area contributed by atoms with E-state index in [0.717, 1.165) is 69.3 Å². The van der Waals surface area contributed by atoms with E-state index in [2.05, 4.69) is 83.7 Å². The second-order valence-corrected chi connectivity index (χ2v) is 15.9. The highest BCUT2D eigenvalue weighted by Crippen LogP contribution is 2.23. The molecule has 36 heavy (non-hydrogen) atoms. The minimum atomic E-state index is -0.364. The first kappa shape index (κ1) is 26.7. The Hall–Kier alpha value is -2.34. The number of benzene rings is 3. The predicted octanol–water partition coefficient (Wildman–Crippen LogP) is -2.85. The fourth-order valence-electron chi connectivity index (χ4n) is 5.25. The van der Waals surface area contributed by atoms with Crippen LogP contribution in [0.25, 0.3) is 0 Å². The molecule has 1 unspecified atom stereocenters. The Morgan fingerprint density at radius 1 is 0.917 bits per heavy atom.